The van der Waals surface area contributed by atoms with Crippen LogP contribution in [0.25, 0.3) is 0 Å². The van der Waals surface area contributed by atoms with E-state index >= 15 is 0 Å². The number of furan rings is 1. The van der Waals surface area contributed by atoms with Crippen molar-refractivity contribution in [3.8, 4) is 11.5 Å². The first-order valence-corrected chi connectivity index (χ1v) is 7.83. The lowest BCUT2D eigenvalue weighted by Gasteiger charge is -2.22. The molecule has 1 aromatic heterocycles. The molecule has 0 aliphatic heterocycles. The van der Waals surface area contributed by atoms with E-state index in [2.05, 4.69) is 0 Å². The molecule has 5 nitrogen and oxygen atoms in total. The van der Waals surface area contributed by atoms with Crippen LogP contribution in [0.4, 0.5) is 5.69 Å². The second-order valence-corrected chi connectivity index (χ2v) is 5.40. The van der Waals surface area contributed by atoms with E-state index in [1.165, 1.54) is 0 Å². The highest BCUT2D eigenvalue weighted by molar-refractivity contribution is 6.06. The molecular weight excluding hydrogens is 318 g/mol. The van der Waals surface area contributed by atoms with Crippen molar-refractivity contribution in [3.63, 3.8) is 0 Å². The van der Waals surface area contributed by atoms with Crippen molar-refractivity contribution >= 4 is 11.6 Å². The van der Waals surface area contributed by atoms with Gasteiger partial charge in [-0.25, -0.2) is 0 Å². The number of hydrogen-bond donors (Lipinski definition) is 0. The van der Waals surface area contributed by atoms with Crippen molar-refractivity contribution in [2.75, 3.05) is 19.1 Å². The number of carbonyl (C=O) groups is 1. The third-order valence-electron chi connectivity index (χ3n) is 3.84. The van der Waals surface area contributed by atoms with Gasteiger partial charge in [0.1, 0.15) is 17.3 Å². The van der Waals surface area contributed by atoms with Crippen LogP contribution in [-0.4, -0.2) is 20.1 Å². The normalized spacial score (nSPS) is 10.3. The summed E-state index contributed by atoms with van der Waals surface area (Å²) in [6.07, 6.45) is 1.59. The van der Waals surface area contributed by atoms with Crippen molar-refractivity contribution in [2.24, 2.45) is 0 Å². The highest BCUT2D eigenvalue weighted by Crippen LogP contribution is 2.24. The van der Waals surface area contributed by atoms with E-state index in [0.29, 0.717) is 23.6 Å². The lowest BCUT2D eigenvalue weighted by molar-refractivity contribution is 0.0983. The van der Waals surface area contributed by atoms with Gasteiger partial charge in [-0.15, -0.1) is 0 Å². The van der Waals surface area contributed by atoms with Crippen molar-refractivity contribution in [2.45, 2.75) is 6.54 Å². The molecule has 3 aromatic rings. The van der Waals surface area contributed by atoms with Gasteiger partial charge in [-0.05, 0) is 54.6 Å². The summed E-state index contributed by atoms with van der Waals surface area (Å²) >= 11 is 0. The fourth-order valence-electron chi connectivity index (χ4n) is 2.51. The summed E-state index contributed by atoms with van der Waals surface area (Å²) in [6.45, 7) is 0.329. The minimum absolute atomic E-state index is 0.138. The molecular formula is C20H19NO4. The van der Waals surface area contributed by atoms with Gasteiger partial charge in [0.05, 0.1) is 27.0 Å². The SMILES string of the molecule is COc1ccc(N(Cc2ccco2)C(=O)c2cccc(OC)c2)cc1. The Morgan fingerprint density at radius 3 is 2.36 bits per heavy atom. The molecule has 0 bridgehead atoms. The van der Waals surface area contributed by atoms with E-state index in [1.54, 1.807) is 55.7 Å². The average molecular weight is 337 g/mol. The Bertz CT molecular complexity index is 825. The molecule has 0 unspecified atom stereocenters. The molecule has 2 aromatic carbocycles. The van der Waals surface area contributed by atoms with Crippen LogP contribution < -0.4 is 14.4 Å². The summed E-state index contributed by atoms with van der Waals surface area (Å²) in [4.78, 5) is 14.8. The molecule has 0 aliphatic carbocycles. The number of ether oxygens (including phenoxy) is 2. The second kappa shape index (κ2) is 7.57. The van der Waals surface area contributed by atoms with Crippen molar-refractivity contribution in [1.29, 1.82) is 0 Å². The Labute approximate surface area is 146 Å². The quantitative estimate of drug-likeness (QED) is 0.678. The first-order chi connectivity index (χ1) is 12.2. The van der Waals surface area contributed by atoms with Gasteiger partial charge in [0, 0.05) is 11.3 Å². The van der Waals surface area contributed by atoms with Gasteiger partial charge in [0.25, 0.3) is 5.91 Å². The largest absolute Gasteiger partial charge is 0.497 e. The minimum atomic E-state index is -0.138. The summed E-state index contributed by atoms with van der Waals surface area (Å²) in [5.41, 5.74) is 1.30. The highest BCUT2D eigenvalue weighted by Gasteiger charge is 2.20. The Morgan fingerprint density at radius 2 is 1.72 bits per heavy atom. The highest BCUT2D eigenvalue weighted by atomic mass is 16.5. The predicted octanol–water partition coefficient (Wildman–Crippen LogP) is 4.14. The zero-order chi connectivity index (χ0) is 17.6. The number of methoxy groups -OCH3 is 2. The summed E-state index contributed by atoms with van der Waals surface area (Å²) in [5, 5.41) is 0. The molecule has 0 atom stereocenters. The zero-order valence-electron chi connectivity index (χ0n) is 14.1. The maximum absolute atomic E-state index is 13.1. The lowest BCUT2D eigenvalue weighted by Crippen LogP contribution is -2.30. The van der Waals surface area contributed by atoms with Crippen molar-refractivity contribution in [1.82, 2.24) is 0 Å². The first-order valence-electron chi connectivity index (χ1n) is 7.83. The van der Waals surface area contributed by atoms with E-state index in [0.717, 1.165) is 11.4 Å². The molecule has 1 heterocycles. The van der Waals surface area contributed by atoms with Crippen molar-refractivity contribution < 1.29 is 18.7 Å². The lowest BCUT2D eigenvalue weighted by atomic mass is 10.1. The van der Waals surface area contributed by atoms with Gasteiger partial charge in [-0.2, -0.15) is 0 Å². The van der Waals surface area contributed by atoms with Crippen LogP contribution in [0.5, 0.6) is 11.5 Å². The second-order valence-electron chi connectivity index (χ2n) is 5.40. The molecule has 0 aliphatic rings. The van der Waals surface area contributed by atoms with Crippen LogP contribution in [0, 0.1) is 0 Å². The molecule has 0 saturated carbocycles. The molecule has 0 spiro atoms. The molecule has 0 N–H and O–H groups in total. The standard InChI is InChI=1S/C20H19NO4/c1-23-17-10-8-16(9-11-17)21(14-19-7-4-12-25-19)20(22)15-5-3-6-18(13-15)24-2/h3-13H,14H2,1-2H3. The van der Waals surface area contributed by atoms with Crippen LogP contribution in [0.2, 0.25) is 0 Å². The van der Waals surface area contributed by atoms with Crippen LogP contribution in [0.15, 0.2) is 71.3 Å². The Morgan fingerprint density at radius 1 is 0.960 bits per heavy atom. The number of benzene rings is 2. The molecule has 0 fully saturated rings. The monoisotopic (exact) mass is 337 g/mol. The fourth-order valence-corrected chi connectivity index (χ4v) is 2.51. The molecule has 0 radical (unpaired) electrons. The third-order valence-corrected chi connectivity index (χ3v) is 3.84. The number of nitrogens with zero attached hydrogens (tertiary/aromatic N) is 1. The number of hydrogen-bond acceptors (Lipinski definition) is 4. The minimum Gasteiger partial charge on any atom is -0.497 e. The van der Waals surface area contributed by atoms with Gasteiger partial charge in [-0.1, -0.05) is 6.07 Å². The van der Waals surface area contributed by atoms with Crippen LogP contribution in [0.1, 0.15) is 16.1 Å². The molecule has 128 valence electrons. The van der Waals surface area contributed by atoms with Gasteiger partial charge in [0.15, 0.2) is 0 Å². The summed E-state index contributed by atoms with van der Waals surface area (Å²) in [5.74, 6) is 1.93. The molecule has 5 heteroatoms. The van der Waals surface area contributed by atoms with E-state index in [1.807, 2.05) is 30.3 Å². The van der Waals surface area contributed by atoms with E-state index in [9.17, 15) is 4.79 Å². The summed E-state index contributed by atoms with van der Waals surface area (Å²) in [6, 6.07) is 18.1. The number of rotatable bonds is 6. The van der Waals surface area contributed by atoms with E-state index in [-0.39, 0.29) is 5.91 Å². The fraction of sp³-hybridized carbons (Fsp3) is 0.150. The van der Waals surface area contributed by atoms with Gasteiger partial charge in [-0.3, -0.25) is 4.79 Å². The van der Waals surface area contributed by atoms with E-state index in [4.69, 9.17) is 13.9 Å². The molecule has 1 amide bonds. The number of amides is 1. The molecule has 25 heavy (non-hydrogen) atoms. The van der Waals surface area contributed by atoms with Crippen LogP contribution >= 0.6 is 0 Å². The van der Waals surface area contributed by atoms with Gasteiger partial charge in [0.2, 0.25) is 0 Å². The Balaban J connectivity index is 1.95. The summed E-state index contributed by atoms with van der Waals surface area (Å²) < 4.78 is 15.8. The molecule has 0 saturated heterocycles. The maximum atomic E-state index is 13.1. The van der Waals surface area contributed by atoms with Gasteiger partial charge >= 0.3 is 0 Å². The summed E-state index contributed by atoms with van der Waals surface area (Å²) in [7, 11) is 3.19. The maximum Gasteiger partial charge on any atom is 0.258 e. The smallest absolute Gasteiger partial charge is 0.258 e. The molecule has 3 rings (SSSR count). The predicted molar refractivity (Wildman–Crippen MR) is 95.2 cm³/mol. The Hall–Kier alpha value is -3.21. The third kappa shape index (κ3) is 3.83. The van der Waals surface area contributed by atoms with Gasteiger partial charge < -0.3 is 18.8 Å². The average Bonchev–Trinajstić information content (AvgIpc) is 3.19. The number of carbonyl (C=O) groups excluding carboxylic acids is 1. The first kappa shape index (κ1) is 16.6. The van der Waals surface area contributed by atoms with E-state index < -0.39 is 0 Å². The topological polar surface area (TPSA) is 51.9 Å². The Kier molecular flexibility index (Phi) is 5.04. The van der Waals surface area contributed by atoms with Crippen LogP contribution in [-0.2, 0) is 6.54 Å². The zero-order valence-corrected chi connectivity index (χ0v) is 14.1. The van der Waals surface area contributed by atoms with Crippen LogP contribution in [0.3, 0.4) is 0 Å². The van der Waals surface area contributed by atoms with Crippen molar-refractivity contribution in [3.05, 3.63) is 78.3 Å². The number of anilines is 1.